The largest absolute Gasteiger partial charge is 0.491 e. The van der Waals surface area contributed by atoms with Gasteiger partial charge < -0.3 is 14.8 Å². The number of halogens is 1. The van der Waals surface area contributed by atoms with Crippen LogP contribution in [0.3, 0.4) is 0 Å². The minimum Gasteiger partial charge on any atom is -0.423 e. The zero-order valence-electron chi connectivity index (χ0n) is 15.2. The van der Waals surface area contributed by atoms with Crippen LogP contribution in [0, 0.1) is 0 Å². The second kappa shape index (κ2) is 9.04. The van der Waals surface area contributed by atoms with Crippen molar-refractivity contribution >= 4 is 25.0 Å². The summed E-state index contributed by atoms with van der Waals surface area (Å²) in [5, 5.41) is 20.3. The van der Waals surface area contributed by atoms with Gasteiger partial charge in [-0.25, -0.2) is 0 Å². The maximum absolute atomic E-state index is 10.2. The van der Waals surface area contributed by atoms with Gasteiger partial charge in [-0.3, -0.25) is 4.90 Å². The Morgan fingerprint density at radius 1 is 1.04 bits per heavy atom. The van der Waals surface area contributed by atoms with E-state index in [9.17, 15) is 10.1 Å². The number of benzene rings is 1. The summed E-state index contributed by atoms with van der Waals surface area (Å²) in [6.45, 7) is 14.1. The van der Waals surface area contributed by atoms with Crippen LogP contribution in [-0.2, 0) is 11.2 Å². The maximum atomic E-state index is 10.2. The summed E-state index contributed by atoms with van der Waals surface area (Å²) in [6.07, 6.45) is 0. The molecule has 4 nitrogen and oxygen atoms in total. The molecule has 0 aromatic heterocycles. The first-order valence-electron chi connectivity index (χ1n) is 8.00. The fourth-order valence-electron chi connectivity index (χ4n) is 1.98. The van der Waals surface area contributed by atoms with Crippen molar-refractivity contribution in [3.8, 4) is 0 Å². The predicted octanol–water partition coefficient (Wildman–Crippen LogP) is 2.20. The van der Waals surface area contributed by atoms with E-state index in [1.54, 1.807) is 27.7 Å². The van der Waals surface area contributed by atoms with Crippen molar-refractivity contribution in [2.24, 2.45) is 0 Å². The molecular formula is C17H31BClNO3. The molecule has 6 heteroatoms. The first-order valence-corrected chi connectivity index (χ1v) is 8.00. The normalized spacial score (nSPS) is 12.2. The van der Waals surface area contributed by atoms with Gasteiger partial charge in [-0.1, -0.05) is 38.1 Å². The topological polar surface area (TPSA) is 52.9 Å². The molecule has 0 heterocycles. The lowest BCUT2D eigenvalue weighted by Gasteiger charge is -2.38. The molecule has 1 aromatic rings. The van der Waals surface area contributed by atoms with Crippen LogP contribution in [-0.4, -0.2) is 46.4 Å². The minimum absolute atomic E-state index is 0. The van der Waals surface area contributed by atoms with Crippen molar-refractivity contribution < 1.29 is 14.8 Å². The van der Waals surface area contributed by atoms with E-state index < -0.39 is 18.3 Å². The molecule has 0 radical (unpaired) electrons. The molecule has 132 valence electrons. The van der Waals surface area contributed by atoms with E-state index in [0.717, 1.165) is 19.6 Å². The standard InChI is InChI=1S/C17H30BNO3.ClH/c1-7-19(8-2)13-14-9-11-15(12-10-14)18(21)22-17(5,6)16(3,4)20;/h9-12,20-21H,7-8,13H2,1-6H3;1H. The van der Waals surface area contributed by atoms with Gasteiger partial charge in [0.2, 0.25) is 0 Å². The van der Waals surface area contributed by atoms with Gasteiger partial charge in [-0.05, 0) is 51.8 Å². The van der Waals surface area contributed by atoms with Crippen molar-refractivity contribution in [2.45, 2.75) is 59.3 Å². The summed E-state index contributed by atoms with van der Waals surface area (Å²) in [5.41, 5.74) is 0.00483. The average molecular weight is 344 g/mol. The molecule has 1 aromatic carbocycles. The van der Waals surface area contributed by atoms with Gasteiger partial charge in [0, 0.05) is 6.54 Å². The molecular weight excluding hydrogens is 312 g/mol. The van der Waals surface area contributed by atoms with E-state index in [0.29, 0.717) is 5.46 Å². The van der Waals surface area contributed by atoms with Gasteiger partial charge in [-0.2, -0.15) is 0 Å². The first-order chi connectivity index (χ1) is 10.1. The van der Waals surface area contributed by atoms with Crippen LogP contribution in [0.4, 0.5) is 0 Å². The lowest BCUT2D eigenvalue weighted by molar-refractivity contribution is -0.0982. The zero-order valence-corrected chi connectivity index (χ0v) is 16.0. The molecule has 0 amide bonds. The van der Waals surface area contributed by atoms with Crippen molar-refractivity contribution in [3.05, 3.63) is 29.8 Å². The molecule has 0 spiro atoms. The Hall–Kier alpha value is -0.585. The Kier molecular flexibility index (Phi) is 8.81. The average Bonchev–Trinajstić information content (AvgIpc) is 2.43. The summed E-state index contributed by atoms with van der Waals surface area (Å²) < 4.78 is 5.65. The second-order valence-corrected chi connectivity index (χ2v) is 6.74. The number of hydrogen-bond donors (Lipinski definition) is 2. The van der Waals surface area contributed by atoms with Crippen molar-refractivity contribution in [1.82, 2.24) is 4.90 Å². The van der Waals surface area contributed by atoms with E-state index in [1.165, 1.54) is 5.56 Å². The van der Waals surface area contributed by atoms with Crippen LogP contribution in [0.25, 0.3) is 0 Å². The quantitative estimate of drug-likeness (QED) is 0.711. The first kappa shape index (κ1) is 22.4. The highest BCUT2D eigenvalue weighted by molar-refractivity contribution is 6.60. The fourth-order valence-corrected chi connectivity index (χ4v) is 1.98. The summed E-state index contributed by atoms with van der Waals surface area (Å²) >= 11 is 0. The number of hydrogen-bond acceptors (Lipinski definition) is 4. The fraction of sp³-hybridized carbons (Fsp3) is 0.647. The molecule has 0 aliphatic carbocycles. The number of aliphatic hydroxyl groups is 1. The molecule has 0 aliphatic rings. The predicted molar refractivity (Wildman–Crippen MR) is 99.4 cm³/mol. The SMILES string of the molecule is CCN(CC)Cc1ccc(B(O)OC(C)(C)C(C)(C)O)cc1.Cl. The highest BCUT2D eigenvalue weighted by Crippen LogP contribution is 2.25. The van der Waals surface area contributed by atoms with Gasteiger partial charge in [0.1, 0.15) is 0 Å². The van der Waals surface area contributed by atoms with E-state index >= 15 is 0 Å². The minimum atomic E-state index is -1.05. The van der Waals surface area contributed by atoms with E-state index in [2.05, 4.69) is 18.7 Å². The molecule has 0 saturated carbocycles. The van der Waals surface area contributed by atoms with Crippen LogP contribution in [0.5, 0.6) is 0 Å². The summed E-state index contributed by atoms with van der Waals surface area (Å²) in [4.78, 5) is 2.33. The third-order valence-electron chi connectivity index (χ3n) is 4.45. The Bertz CT molecular complexity index is 456. The molecule has 0 atom stereocenters. The lowest BCUT2D eigenvalue weighted by Crippen LogP contribution is -2.53. The summed E-state index contributed by atoms with van der Waals surface area (Å²) in [7, 11) is -1.05. The van der Waals surface area contributed by atoms with Gasteiger partial charge in [0.15, 0.2) is 0 Å². The van der Waals surface area contributed by atoms with Gasteiger partial charge in [0.05, 0.1) is 11.2 Å². The van der Waals surface area contributed by atoms with Crippen LogP contribution >= 0.6 is 12.4 Å². The van der Waals surface area contributed by atoms with Crippen molar-refractivity contribution in [3.63, 3.8) is 0 Å². The third kappa shape index (κ3) is 6.44. The maximum Gasteiger partial charge on any atom is 0.491 e. The Labute approximate surface area is 147 Å². The Morgan fingerprint density at radius 3 is 1.91 bits per heavy atom. The van der Waals surface area contributed by atoms with E-state index in [4.69, 9.17) is 4.65 Å². The molecule has 0 unspecified atom stereocenters. The lowest BCUT2D eigenvalue weighted by atomic mass is 9.76. The molecule has 0 bridgehead atoms. The van der Waals surface area contributed by atoms with Gasteiger partial charge >= 0.3 is 7.12 Å². The van der Waals surface area contributed by atoms with E-state index in [1.807, 2.05) is 24.3 Å². The second-order valence-electron chi connectivity index (χ2n) is 6.74. The molecule has 0 saturated heterocycles. The molecule has 2 N–H and O–H groups in total. The molecule has 0 fully saturated rings. The number of rotatable bonds is 8. The van der Waals surface area contributed by atoms with Crippen LogP contribution in [0.15, 0.2) is 24.3 Å². The van der Waals surface area contributed by atoms with Crippen LogP contribution < -0.4 is 5.46 Å². The molecule has 23 heavy (non-hydrogen) atoms. The third-order valence-corrected chi connectivity index (χ3v) is 4.45. The summed E-state index contributed by atoms with van der Waals surface area (Å²) in [5.74, 6) is 0. The highest BCUT2D eigenvalue weighted by atomic mass is 35.5. The van der Waals surface area contributed by atoms with Gasteiger partial charge in [-0.15, -0.1) is 12.4 Å². The number of nitrogens with zero attached hydrogens (tertiary/aromatic N) is 1. The monoisotopic (exact) mass is 343 g/mol. The van der Waals surface area contributed by atoms with E-state index in [-0.39, 0.29) is 12.4 Å². The summed E-state index contributed by atoms with van der Waals surface area (Å²) in [6, 6.07) is 7.78. The smallest absolute Gasteiger partial charge is 0.423 e. The van der Waals surface area contributed by atoms with Crippen molar-refractivity contribution in [1.29, 1.82) is 0 Å². The van der Waals surface area contributed by atoms with Crippen molar-refractivity contribution in [2.75, 3.05) is 13.1 Å². The Balaban J connectivity index is 0.00000484. The van der Waals surface area contributed by atoms with Gasteiger partial charge in [0.25, 0.3) is 0 Å². The van der Waals surface area contributed by atoms with Crippen LogP contribution in [0.2, 0.25) is 0 Å². The Morgan fingerprint density at radius 2 is 1.52 bits per heavy atom. The highest BCUT2D eigenvalue weighted by Gasteiger charge is 2.39. The molecule has 0 aliphatic heterocycles. The zero-order chi connectivity index (χ0) is 17.0. The van der Waals surface area contributed by atoms with Crippen LogP contribution in [0.1, 0.15) is 47.1 Å². The molecule has 1 rings (SSSR count).